The second-order valence-electron chi connectivity index (χ2n) is 4.61. The molecule has 0 atom stereocenters. The number of nitrogens with zero attached hydrogens (tertiary/aromatic N) is 1. The van der Waals surface area contributed by atoms with Gasteiger partial charge in [-0.05, 0) is 50.0 Å². The highest BCUT2D eigenvalue weighted by molar-refractivity contribution is 6.17. The van der Waals surface area contributed by atoms with Crippen LogP contribution in [0, 0.1) is 0 Å². The van der Waals surface area contributed by atoms with E-state index >= 15 is 0 Å². The summed E-state index contributed by atoms with van der Waals surface area (Å²) in [5.74, 6) is 0.696. The molecule has 17 heavy (non-hydrogen) atoms. The van der Waals surface area contributed by atoms with Crippen LogP contribution in [0.4, 0.5) is 5.69 Å². The van der Waals surface area contributed by atoms with Gasteiger partial charge >= 0.3 is 0 Å². The molecule has 3 heteroatoms. The number of likely N-dealkylation sites (tertiary alicyclic amines) is 1. The van der Waals surface area contributed by atoms with Gasteiger partial charge in [0.25, 0.3) is 0 Å². The quantitative estimate of drug-likeness (QED) is 0.783. The van der Waals surface area contributed by atoms with E-state index in [9.17, 15) is 0 Å². The Morgan fingerprint density at radius 3 is 2.47 bits per heavy atom. The standard InChI is InChI=1S/C14H21ClN2/c15-8-7-13-3-5-14(6-4-13)16-9-12-17-10-1-2-11-17/h3-6,16H,1-2,7-12H2. The van der Waals surface area contributed by atoms with E-state index in [4.69, 9.17) is 11.6 Å². The Morgan fingerprint density at radius 2 is 1.82 bits per heavy atom. The molecule has 0 saturated carbocycles. The zero-order valence-corrected chi connectivity index (χ0v) is 11.0. The van der Waals surface area contributed by atoms with E-state index in [1.807, 2.05) is 0 Å². The summed E-state index contributed by atoms with van der Waals surface area (Å²) in [5.41, 5.74) is 2.52. The van der Waals surface area contributed by atoms with Gasteiger partial charge in [0.15, 0.2) is 0 Å². The largest absolute Gasteiger partial charge is 0.384 e. The molecular formula is C14H21ClN2. The van der Waals surface area contributed by atoms with Gasteiger partial charge in [0.1, 0.15) is 0 Å². The summed E-state index contributed by atoms with van der Waals surface area (Å²) in [7, 11) is 0. The fourth-order valence-electron chi connectivity index (χ4n) is 2.26. The van der Waals surface area contributed by atoms with Crippen molar-refractivity contribution >= 4 is 17.3 Å². The van der Waals surface area contributed by atoms with E-state index < -0.39 is 0 Å². The van der Waals surface area contributed by atoms with Crippen molar-refractivity contribution < 1.29 is 0 Å². The van der Waals surface area contributed by atoms with Gasteiger partial charge in [-0.2, -0.15) is 0 Å². The second kappa shape index (κ2) is 6.87. The molecular weight excluding hydrogens is 232 g/mol. The lowest BCUT2D eigenvalue weighted by atomic mass is 10.1. The minimum atomic E-state index is 0.696. The fourth-order valence-corrected chi connectivity index (χ4v) is 2.48. The molecule has 0 amide bonds. The SMILES string of the molecule is ClCCc1ccc(NCCN2CCCC2)cc1. The molecule has 0 unspecified atom stereocenters. The van der Waals surface area contributed by atoms with Gasteiger partial charge in [-0.3, -0.25) is 0 Å². The van der Waals surface area contributed by atoms with Gasteiger partial charge in [-0.15, -0.1) is 11.6 Å². The Bertz CT molecular complexity index is 317. The van der Waals surface area contributed by atoms with E-state index in [0.29, 0.717) is 5.88 Å². The molecule has 0 radical (unpaired) electrons. The van der Waals surface area contributed by atoms with Crippen molar-refractivity contribution in [3.8, 4) is 0 Å². The Kier molecular flexibility index (Phi) is 5.14. The first kappa shape index (κ1) is 12.7. The predicted molar refractivity (Wildman–Crippen MR) is 75.0 cm³/mol. The third kappa shape index (κ3) is 4.21. The Labute approximate surface area is 109 Å². The van der Waals surface area contributed by atoms with Crippen LogP contribution in [0.25, 0.3) is 0 Å². The summed E-state index contributed by atoms with van der Waals surface area (Å²) in [6.07, 6.45) is 3.69. The van der Waals surface area contributed by atoms with Crippen LogP contribution in [-0.2, 0) is 6.42 Å². The van der Waals surface area contributed by atoms with Gasteiger partial charge in [0.2, 0.25) is 0 Å². The first-order valence-electron chi connectivity index (χ1n) is 6.49. The third-order valence-corrected chi connectivity index (χ3v) is 3.48. The van der Waals surface area contributed by atoms with Crippen molar-refractivity contribution in [1.29, 1.82) is 0 Å². The summed E-state index contributed by atoms with van der Waals surface area (Å²) in [6.45, 7) is 4.74. The molecule has 0 bridgehead atoms. The van der Waals surface area contributed by atoms with E-state index in [1.165, 1.54) is 37.2 Å². The van der Waals surface area contributed by atoms with E-state index in [-0.39, 0.29) is 0 Å². The first-order chi connectivity index (χ1) is 8.38. The zero-order valence-electron chi connectivity index (χ0n) is 10.3. The Balaban J connectivity index is 1.70. The van der Waals surface area contributed by atoms with Crippen LogP contribution in [0.3, 0.4) is 0 Å². The van der Waals surface area contributed by atoms with Crippen molar-refractivity contribution in [2.45, 2.75) is 19.3 Å². The summed E-state index contributed by atoms with van der Waals surface area (Å²) < 4.78 is 0. The third-order valence-electron chi connectivity index (χ3n) is 3.29. The summed E-state index contributed by atoms with van der Waals surface area (Å²) in [6, 6.07) is 8.60. The predicted octanol–water partition coefficient (Wildman–Crippen LogP) is 2.98. The summed E-state index contributed by atoms with van der Waals surface area (Å²) in [4.78, 5) is 2.52. The number of hydrogen-bond donors (Lipinski definition) is 1. The molecule has 0 spiro atoms. The molecule has 1 saturated heterocycles. The van der Waals surface area contributed by atoms with Crippen molar-refractivity contribution in [3.63, 3.8) is 0 Å². The number of rotatable bonds is 6. The molecule has 1 aromatic carbocycles. The molecule has 0 aromatic heterocycles. The van der Waals surface area contributed by atoms with Gasteiger partial charge in [-0.25, -0.2) is 0 Å². The molecule has 1 aromatic rings. The number of nitrogens with one attached hydrogen (secondary N) is 1. The molecule has 2 nitrogen and oxygen atoms in total. The van der Waals surface area contributed by atoms with E-state index in [0.717, 1.165) is 19.5 Å². The average Bonchev–Trinajstić information content (AvgIpc) is 2.85. The van der Waals surface area contributed by atoms with Crippen molar-refractivity contribution in [2.75, 3.05) is 37.4 Å². The van der Waals surface area contributed by atoms with Crippen LogP contribution in [0.15, 0.2) is 24.3 Å². The van der Waals surface area contributed by atoms with Crippen molar-refractivity contribution in [3.05, 3.63) is 29.8 Å². The molecule has 1 aliphatic rings. The molecule has 1 heterocycles. The first-order valence-corrected chi connectivity index (χ1v) is 7.03. The monoisotopic (exact) mass is 252 g/mol. The minimum Gasteiger partial charge on any atom is -0.384 e. The topological polar surface area (TPSA) is 15.3 Å². The van der Waals surface area contributed by atoms with Crippen LogP contribution in [-0.4, -0.2) is 37.0 Å². The molecule has 0 aliphatic carbocycles. The molecule has 94 valence electrons. The van der Waals surface area contributed by atoms with Gasteiger partial charge in [0, 0.05) is 24.7 Å². The maximum Gasteiger partial charge on any atom is 0.0340 e. The van der Waals surface area contributed by atoms with Crippen LogP contribution < -0.4 is 5.32 Å². The van der Waals surface area contributed by atoms with Gasteiger partial charge in [0.05, 0.1) is 0 Å². The molecule has 1 fully saturated rings. The molecule has 2 rings (SSSR count). The fraction of sp³-hybridized carbons (Fsp3) is 0.571. The highest BCUT2D eigenvalue weighted by Crippen LogP contribution is 2.11. The number of benzene rings is 1. The number of anilines is 1. The molecule has 1 aliphatic heterocycles. The van der Waals surface area contributed by atoms with Crippen molar-refractivity contribution in [1.82, 2.24) is 4.90 Å². The lowest BCUT2D eigenvalue weighted by molar-refractivity contribution is 0.352. The number of alkyl halides is 1. The Morgan fingerprint density at radius 1 is 1.12 bits per heavy atom. The number of hydrogen-bond acceptors (Lipinski definition) is 2. The minimum absolute atomic E-state index is 0.696. The lowest BCUT2D eigenvalue weighted by Gasteiger charge is -2.15. The van der Waals surface area contributed by atoms with Gasteiger partial charge < -0.3 is 10.2 Å². The highest BCUT2D eigenvalue weighted by Gasteiger charge is 2.09. The average molecular weight is 253 g/mol. The smallest absolute Gasteiger partial charge is 0.0340 e. The van der Waals surface area contributed by atoms with Crippen LogP contribution in [0.1, 0.15) is 18.4 Å². The highest BCUT2D eigenvalue weighted by atomic mass is 35.5. The number of aryl methyl sites for hydroxylation is 1. The second-order valence-corrected chi connectivity index (χ2v) is 4.99. The molecule has 1 N–H and O–H groups in total. The Hall–Kier alpha value is -0.730. The lowest BCUT2D eigenvalue weighted by Crippen LogP contribution is -2.25. The van der Waals surface area contributed by atoms with Crippen molar-refractivity contribution in [2.24, 2.45) is 0 Å². The normalized spacial score (nSPS) is 16.3. The maximum absolute atomic E-state index is 5.71. The number of halogens is 1. The van der Waals surface area contributed by atoms with Crippen LogP contribution >= 0.6 is 11.6 Å². The van der Waals surface area contributed by atoms with Gasteiger partial charge in [-0.1, -0.05) is 12.1 Å². The van der Waals surface area contributed by atoms with E-state index in [1.54, 1.807) is 0 Å². The zero-order chi connectivity index (χ0) is 11.9. The van der Waals surface area contributed by atoms with Crippen LogP contribution in [0.2, 0.25) is 0 Å². The summed E-state index contributed by atoms with van der Waals surface area (Å²) >= 11 is 5.71. The summed E-state index contributed by atoms with van der Waals surface area (Å²) in [5, 5.41) is 3.47. The maximum atomic E-state index is 5.71. The van der Waals surface area contributed by atoms with E-state index in [2.05, 4.69) is 34.5 Å². The van der Waals surface area contributed by atoms with Crippen LogP contribution in [0.5, 0.6) is 0 Å².